The number of fused-ring (bicyclic) bond motifs is 4. The molecule has 0 heterocycles. The molecule has 2 saturated carbocycles. The van der Waals surface area contributed by atoms with Gasteiger partial charge in [0.05, 0.1) is 0 Å². The molecule has 4 aliphatic rings. The first-order chi connectivity index (χ1) is 11.2. The molecular weight excluding hydrogens is 296 g/mol. The van der Waals surface area contributed by atoms with Crippen molar-refractivity contribution in [3.05, 3.63) is 34.9 Å². The smallest absolute Gasteiger partial charge is 0.233 e. The van der Waals surface area contributed by atoms with Crippen LogP contribution < -0.4 is 0 Å². The molecule has 0 aromatic heterocycles. The molecule has 24 heavy (non-hydrogen) atoms. The van der Waals surface area contributed by atoms with Gasteiger partial charge in [0, 0.05) is 11.5 Å². The van der Waals surface area contributed by atoms with Gasteiger partial charge >= 0.3 is 0 Å². The van der Waals surface area contributed by atoms with E-state index in [1.54, 1.807) is 0 Å². The Hall–Kier alpha value is -1.44. The van der Waals surface area contributed by atoms with Gasteiger partial charge in [-0.15, -0.1) is 0 Å². The van der Waals surface area contributed by atoms with Crippen molar-refractivity contribution in [3.8, 4) is 0 Å². The van der Waals surface area contributed by atoms with Crippen molar-refractivity contribution < 1.29 is 9.59 Å². The van der Waals surface area contributed by atoms with Crippen molar-refractivity contribution in [1.29, 1.82) is 0 Å². The number of rotatable bonds is 0. The van der Waals surface area contributed by atoms with Gasteiger partial charge in [0.2, 0.25) is 11.6 Å². The van der Waals surface area contributed by atoms with Gasteiger partial charge in [0.1, 0.15) is 0 Å². The van der Waals surface area contributed by atoms with Crippen LogP contribution in [-0.2, 0) is 9.59 Å². The Morgan fingerprint density at radius 2 is 1.79 bits per heavy atom. The molecule has 4 rings (SSSR count). The van der Waals surface area contributed by atoms with E-state index in [0.29, 0.717) is 17.8 Å². The van der Waals surface area contributed by atoms with E-state index in [2.05, 4.69) is 40.7 Å². The number of carbonyl (C=O) groups is 2. The second-order valence-electron chi connectivity index (χ2n) is 9.48. The fourth-order valence-corrected chi connectivity index (χ4v) is 6.04. The third kappa shape index (κ3) is 1.83. The van der Waals surface area contributed by atoms with Crippen LogP contribution in [0.25, 0.3) is 0 Å². The van der Waals surface area contributed by atoms with Gasteiger partial charge in [0.15, 0.2) is 0 Å². The maximum atomic E-state index is 12.4. The molecule has 4 atom stereocenters. The standard InChI is InChI=1S/C22H28O2/c1-12-10-14-7-8-15-16(19(14)22(4,5)21(12,2)3)9-6-13-11-17(23)20(24)18(13)15/h6,9,11-12,14,16,19H,7-8,10H2,1-5H3. The molecule has 0 aromatic rings. The number of allylic oxidation sites excluding steroid dienone is 6. The second kappa shape index (κ2) is 4.80. The fraction of sp³-hybridized carbons (Fsp3) is 0.636. The van der Waals surface area contributed by atoms with E-state index in [1.807, 2.05) is 6.08 Å². The van der Waals surface area contributed by atoms with Gasteiger partial charge in [-0.1, -0.05) is 52.3 Å². The van der Waals surface area contributed by atoms with Crippen LogP contribution >= 0.6 is 0 Å². The van der Waals surface area contributed by atoms with Crippen molar-refractivity contribution in [3.63, 3.8) is 0 Å². The summed E-state index contributed by atoms with van der Waals surface area (Å²) < 4.78 is 0. The van der Waals surface area contributed by atoms with Gasteiger partial charge in [-0.05, 0) is 59.5 Å². The third-order valence-corrected chi connectivity index (χ3v) is 8.29. The minimum absolute atomic E-state index is 0.198. The van der Waals surface area contributed by atoms with Gasteiger partial charge in [0.25, 0.3) is 0 Å². The zero-order valence-corrected chi connectivity index (χ0v) is 15.5. The summed E-state index contributed by atoms with van der Waals surface area (Å²) in [7, 11) is 0. The molecule has 0 bridgehead atoms. The highest BCUT2D eigenvalue weighted by Gasteiger charge is 2.57. The number of ketones is 2. The summed E-state index contributed by atoms with van der Waals surface area (Å²) in [5, 5.41) is 0. The van der Waals surface area contributed by atoms with Crippen LogP contribution in [0.1, 0.15) is 53.9 Å². The number of carbonyl (C=O) groups excluding carboxylic acids is 2. The predicted molar refractivity (Wildman–Crippen MR) is 95.3 cm³/mol. The van der Waals surface area contributed by atoms with Crippen LogP contribution in [0.2, 0.25) is 0 Å². The molecule has 2 heteroatoms. The number of Topliss-reactive ketones (excluding diaryl/α,β-unsaturated/α-hetero) is 1. The SMILES string of the molecule is CC1CC2CCC3=C4C(=O)C(=O)C=C4C=CC3C2C(C)(C)C1(C)C. The van der Waals surface area contributed by atoms with E-state index in [1.165, 1.54) is 18.1 Å². The Morgan fingerprint density at radius 3 is 2.50 bits per heavy atom. The van der Waals surface area contributed by atoms with Crippen molar-refractivity contribution in [2.75, 3.05) is 0 Å². The lowest BCUT2D eigenvalue weighted by atomic mass is 9.43. The molecule has 0 N–H and O–H groups in total. The lowest BCUT2D eigenvalue weighted by molar-refractivity contribution is -0.131. The Bertz CT molecular complexity index is 729. The molecule has 0 radical (unpaired) electrons. The predicted octanol–water partition coefficient (Wildman–Crippen LogP) is 4.67. The molecule has 0 spiro atoms. The molecule has 0 aliphatic heterocycles. The van der Waals surface area contributed by atoms with Crippen LogP contribution in [0.15, 0.2) is 34.9 Å². The average Bonchev–Trinajstić information content (AvgIpc) is 2.80. The maximum Gasteiger partial charge on any atom is 0.233 e. The molecule has 0 amide bonds. The second-order valence-corrected chi connectivity index (χ2v) is 9.48. The van der Waals surface area contributed by atoms with E-state index in [4.69, 9.17) is 0 Å². The first-order valence-corrected chi connectivity index (χ1v) is 9.38. The molecule has 4 aliphatic carbocycles. The normalized spacial score (nSPS) is 39.3. The maximum absolute atomic E-state index is 12.4. The van der Waals surface area contributed by atoms with Crippen molar-refractivity contribution >= 4 is 11.6 Å². The van der Waals surface area contributed by atoms with Crippen molar-refractivity contribution in [2.45, 2.75) is 53.9 Å². The van der Waals surface area contributed by atoms with Gasteiger partial charge in [-0.25, -0.2) is 0 Å². The minimum Gasteiger partial charge on any atom is -0.286 e. The molecule has 4 unspecified atom stereocenters. The lowest BCUT2D eigenvalue weighted by Crippen LogP contribution is -2.55. The van der Waals surface area contributed by atoms with Crippen LogP contribution in [0.5, 0.6) is 0 Å². The monoisotopic (exact) mass is 324 g/mol. The minimum atomic E-state index is -0.336. The zero-order valence-electron chi connectivity index (χ0n) is 15.5. The Morgan fingerprint density at radius 1 is 1.08 bits per heavy atom. The fourth-order valence-electron chi connectivity index (χ4n) is 6.04. The first kappa shape index (κ1) is 16.1. The molecular formula is C22H28O2. The van der Waals surface area contributed by atoms with E-state index < -0.39 is 0 Å². The lowest BCUT2D eigenvalue weighted by Gasteiger charge is -2.61. The summed E-state index contributed by atoms with van der Waals surface area (Å²) in [6.45, 7) is 12.1. The summed E-state index contributed by atoms with van der Waals surface area (Å²) in [6.07, 6.45) is 9.28. The molecule has 0 aromatic carbocycles. The Balaban J connectivity index is 1.83. The van der Waals surface area contributed by atoms with Crippen molar-refractivity contribution in [1.82, 2.24) is 0 Å². The van der Waals surface area contributed by atoms with Gasteiger partial charge in [-0.3, -0.25) is 9.59 Å². The summed E-state index contributed by atoms with van der Waals surface area (Å²) in [6, 6.07) is 0. The molecule has 0 saturated heterocycles. The number of hydrogen-bond acceptors (Lipinski definition) is 2. The highest BCUT2D eigenvalue weighted by Crippen LogP contribution is 2.64. The molecule has 2 nitrogen and oxygen atoms in total. The molecule has 2 fully saturated rings. The highest BCUT2D eigenvalue weighted by atomic mass is 16.2. The average molecular weight is 324 g/mol. The highest BCUT2D eigenvalue weighted by molar-refractivity contribution is 6.52. The Labute approximate surface area is 145 Å². The van der Waals surface area contributed by atoms with Crippen LogP contribution in [0.4, 0.5) is 0 Å². The summed E-state index contributed by atoms with van der Waals surface area (Å²) in [5.41, 5.74) is 3.32. The van der Waals surface area contributed by atoms with Crippen LogP contribution in [-0.4, -0.2) is 11.6 Å². The zero-order chi connectivity index (χ0) is 17.4. The van der Waals surface area contributed by atoms with E-state index in [-0.39, 0.29) is 22.4 Å². The summed E-state index contributed by atoms with van der Waals surface area (Å²) in [5.74, 6) is 1.71. The van der Waals surface area contributed by atoms with Gasteiger partial charge in [-0.2, -0.15) is 0 Å². The molecule has 128 valence electrons. The Kier molecular flexibility index (Phi) is 3.21. The first-order valence-electron chi connectivity index (χ1n) is 9.38. The third-order valence-electron chi connectivity index (χ3n) is 8.29. The van der Waals surface area contributed by atoms with Crippen LogP contribution in [0.3, 0.4) is 0 Å². The van der Waals surface area contributed by atoms with Gasteiger partial charge < -0.3 is 0 Å². The van der Waals surface area contributed by atoms with E-state index in [0.717, 1.165) is 29.9 Å². The quantitative estimate of drug-likeness (QED) is 0.607. The van der Waals surface area contributed by atoms with E-state index in [9.17, 15) is 9.59 Å². The summed E-state index contributed by atoms with van der Waals surface area (Å²) >= 11 is 0. The van der Waals surface area contributed by atoms with Crippen molar-refractivity contribution in [2.24, 2.45) is 34.5 Å². The van der Waals surface area contributed by atoms with Crippen LogP contribution in [0, 0.1) is 34.5 Å². The topological polar surface area (TPSA) is 34.1 Å². The summed E-state index contributed by atoms with van der Waals surface area (Å²) in [4.78, 5) is 24.3. The largest absolute Gasteiger partial charge is 0.286 e. The van der Waals surface area contributed by atoms with E-state index >= 15 is 0 Å². The number of hydrogen-bond donors (Lipinski definition) is 0.